The molecule has 1 atom stereocenters. The van der Waals surface area contributed by atoms with Crippen molar-refractivity contribution in [2.45, 2.75) is 26.8 Å². The van der Waals surface area contributed by atoms with Crippen LogP contribution >= 0.6 is 11.6 Å². The minimum absolute atomic E-state index is 0.0197. The molecule has 0 bridgehead atoms. The largest absolute Gasteiger partial charge is 0.343 e. The SMILES string of the molecule is Cc1ccc(C(=O)NCC(=O)N2CCN(C(C)c3ccccc3Cl)CC2)cc1C. The third kappa shape index (κ3) is 5.17. The molecule has 5 nitrogen and oxygen atoms in total. The first-order valence-electron chi connectivity index (χ1n) is 9.98. The molecular formula is C23H28ClN3O2. The van der Waals surface area contributed by atoms with E-state index in [0.717, 1.165) is 34.8 Å². The van der Waals surface area contributed by atoms with E-state index < -0.39 is 0 Å². The van der Waals surface area contributed by atoms with Gasteiger partial charge in [0, 0.05) is 42.8 Å². The van der Waals surface area contributed by atoms with Crippen LogP contribution < -0.4 is 5.32 Å². The van der Waals surface area contributed by atoms with Gasteiger partial charge in [0.1, 0.15) is 0 Å². The second kappa shape index (κ2) is 9.42. The lowest BCUT2D eigenvalue weighted by molar-refractivity contribution is -0.132. The number of hydrogen-bond donors (Lipinski definition) is 1. The van der Waals surface area contributed by atoms with E-state index in [4.69, 9.17) is 11.6 Å². The first-order chi connectivity index (χ1) is 13.9. The predicted octanol–water partition coefficient (Wildman–Crippen LogP) is 3.59. The van der Waals surface area contributed by atoms with Crippen LogP contribution in [0.2, 0.25) is 5.02 Å². The number of amides is 2. The van der Waals surface area contributed by atoms with E-state index in [1.807, 2.05) is 55.1 Å². The second-order valence-electron chi connectivity index (χ2n) is 7.60. The van der Waals surface area contributed by atoms with Gasteiger partial charge < -0.3 is 10.2 Å². The summed E-state index contributed by atoms with van der Waals surface area (Å²) in [7, 11) is 0. The Hall–Kier alpha value is -2.37. The third-order valence-corrected chi connectivity index (χ3v) is 6.08. The van der Waals surface area contributed by atoms with Crippen LogP contribution in [0.4, 0.5) is 0 Å². The molecule has 2 aromatic rings. The van der Waals surface area contributed by atoms with E-state index in [-0.39, 0.29) is 24.4 Å². The summed E-state index contributed by atoms with van der Waals surface area (Å²) in [4.78, 5) is 29.0. The average Bonchev–Trinajstić information content (AvgIpc) is 2.73. The number of hydrogen-bond acceptors (Lipinski definition) is 3. The second-order valence-corrected chi connectivity index (χ2v) is 8.00. The first-order valence-corrected chi connectivity index (χ1v) is 10.4. The Balaban J connectivity index is 1.49. The van der Waals surface area contributed by atoms with Gasteiger partial charge in [0.2, 0.25) is 5.91 Å². The standard InChI is InChI=1S/C23H28ClN3O2/c1-16-8-9-19(14-17(16)2)23(29)25-15-22(28)27-12-10-26(11-13-27)18(3)20-6-4-5-7-21(20)24/h4-9,14,18H,10-13,15H2,1-3H3,(H,25,29). The summed E-state index contributed by atoms with van der Waals surface area (Å²) in [6, 6.07) is 13.6. The van der Waals surface area contributed by atoms with E-state index in [1.165, 1.54) is 0 Å². The molecule has 1 aliphatic heterocycles. The molecule has 0 aromatic heterocycles. The van der Waals surface area contributed by atoms with Crippen molar-refractivity contribution in [2.24, 2.45) is 0 Å². The Labute approximate surface area is 177 Å². The Morgan fingerprint density at radius 2 is 1.72 bits per heavy atom. The minimum Gasteiger partial charge on any atom is -0.343 e. The maximum absolute atomic E-state index is 12.5. The zero-order valence-electron chi connectivity index (χ0n) is 17.2. The lowest BCUT2D eigenvalue weighted by Gasteiger charge is -2.38. The molecule has 1 unspecified atom stereocenters. The van der Waals surface area contributed by atoms with Crippen LogP contribution in [-0.2, 0) is 4.79 Å². The van der Waals surface area contributed by atoms with Gasteiger partial charge in [-0.25, -0.2) is 0 Å². The lowest BCUT2D eigenvalue weighted by Crippen LogP contribution is -2.51. The lowest BCUT2D eigenvalue weighted by atomic mass is 10.1. The van der Waals surface area contributed by atoms with Gasteiger partial charge in [0.25, 0.3) is 5.91 Å². The summed E-state index contributed by atoms with van der Waals surface area (Å²) in [5, 5.41) is 3.52. The number of benzene rings is 2. The van der Waals surface area contributed by atoms with Crippen LogP contribution in [0.3, 0.4) is 0 Å². The van der Waals surface area contributed by atoms with Crippen molar-refractivity contribution in [3.05, 3.63) is 69.7 Å². The Morgan fingerprint density at radius 3 is 2.38 bits per heavy atom. The molecule has 1 saturated heterocycles. The van der Waals surface area contributed by atoms with Gasteiger partial charge in [-0.05, 0) is 55.7 Å². The molecule has 0 saturated carbocycles. The fourth-order valence-corrected chi connectivity index (χ4v) is 3.92. The molecule has 154 valence electrons. The molecule has 0 radical (unpaired) electrons. The maximum atomic E-state index is 12.5. The summed E-state index contributed by atoms with van der Waals surface area (Å²) < 4.78 is 0. The monoisotopic (exact) mass is 413 g/mol. The van der Waals surface area contributed by atoms with Crippen LogP contribution in [-0.4, -0.2) is 54.3 Å². The van der Waals surface area contributed by atoms with Crippen LogP contribution in [0.5, 0.6) is 0 Å². The van der Waals surface area contributed by atoms with Gasteiger partial charge >= 0.3 is 0 Å². The molecule has 6 heteroatoms. The normalized spacial score (nSPS) is 15.8. The van der Waals surface area contributed by atoms with E-state index in [9.17, 15) is 9.59 Å². The maximum Gasteiger partial charge on any atom is 0.251 e. The molecule has 1 heterocycles. The van der Waals surface area contributed by atoms with Crippen molar-refractivity contribution < 1.29 is 9.59 Å². The van der Waals surface area contributed by atoms with Gasteiger partial charge in [-0.1, -0.05) is 35.9 Å². The molecular weight excluding hydrogens is 386 g/mol. The fraction of sp³-hybridized carbons (Fsp3) is 0.391. The van der Waals surface area contributed by atoms with Crippen molar-refractivity contribution >= 4 is 23.4 Å². The van der Waals surface area contributed by atoms with Crippen LogP contribution in [0.1, 0.15) is 40.0 Å². The molecule has 1 aliphatic rings. The predicted molar refractivity (Wildman–Crippen MR) is 116 cm³/mol. The summed E-state index contributed by atoms with van der Waals surface area (Å²) in [5.74, 6) is -0.264. The van der Waals surface area contributed by atoms with Gasteiger partial charge in [-0.3, -0.25) is 14.5 Å². The number of halogens is 1. The zero-order valence-corrected chi connectivity index (χ0v) is 18.0. The van der Waals surface area contributed by atoms with E-state index in [1.54, 1.807) is 6.07 Å². The summed E-state index contributed by atoms with van der Waals surface area (Å²) in [6.45, 7) is 8.99. The molecule has 1 fully saturated rings. The molecule has 29 heavy (non-hydrogen) atoms. The summed E-state index contributed by atoms with van der Waals surface area (Å²) in [6.07, 6.45) is 0. The number of piperazine rings is 1. The van der Waals surface area contributed by atoms with E-state index in [0.29, 0.717) is 18.7 Å². The van der Waals surface area contributed by atoms with Crippen LogP contribution in [0, 0.1) is 13.8 Å². The Morgan fingerprint density at radius 1 is 1.03 bits per heavy atom. The van der Waals surface area contributed by atoms with E-state index >= 15 is 0 Å². The third-order valence-electron chi connectivity index (χ3n) is 5.74. The number of carbonyl (C=O) groups excluding carboxylic acids is 2. The van der Waals surface area contributed by atoms with Gasteiger partial charge in [0.15, 0.2) is 0 Å². The molecule has 0 spiro atoms. The topological polar surface area (TPSA) is 52.7 Å². The molecule has 2 aromatic carbocycles. The summed E-state index contributed by atoms with van der Waals surface area (Å²) >= 11 is 6.33. The van der Waals surface area contributed by atoms with Gasteiger partial charge in [-0.15, -0.1) is 0 Å². The van der Waals surface area contributed by atoms with Crippen molar-refractivity contribution in [3.8, 4) is 0 Å². The highest BCUT2D eigenvalue weighted by Gasteiger charge is 2.25. The quantitative estimate of drug-likeness (QED) is 0.814. The zero-order chi connectivity index (χ0) is 21.0. The highest BCUT2D eigenvalue weighted by atomic mass is 35.5. The fourth-order valence-electron chi connectivity index (χ4n) is 3.62. The Bertz CT molecular complexity index is 891. The van der Waals surface area contributed by atoms with Gasteiger partial charge in [-0.2, -0.15) is 0 Å². The molecule has 2 amide bonds. The number of aryl methyl sites for hydroxylation is 2. The van der Waals surface area contributed by atoms with Crippen molar-refractivity contribution in [1.29, 1.82) is 0 Å². The molecule has 0 aliphatic carbocycles. The Kier molecular flexibility index (Phi) is 6.93. The first kappa shape index (κ1) is 21.3. The summed E-state index contributed by atoms with van der Waals surface area (Å²) in [5.41, 5.74) is 3.89. The van der Waals surface area contributed by atoms with Crippen molar-refractivity contribution in [2.75, 3.05) is 32.7 Å². The number of nitrogens with zero attached hydrogens (tertiary/aromatic N) is 2. The molecule has 1 N–H and O–H groups in total. The minimum atomic E-state index is -0.215. The van der Waals surface area contributed by atoms with Crippen LogP contribution in [0.15, 0.2) is 42.5 Å². The number of nitrogens with one attached hydrogen (secondary N) is 1. The van der Waals surface area contributed by atoms with E-state index in [2.05, 4.69) is 17.1 Å². The highest BCUT2D eigenvalue weighted by molar-refractivity contribution is 6.31. The number of carbonyl (C=O) groups is 2. The molecule has 3 rings (SSSR count). The smallest absolute Gasteiger partial charge is 0.251 e. The highest BCUT2D eigenvalue weighted by Crippen LogP contribution is 2.27. The van der Waals surface area contributed by atoms with Crippen molar-refractivity contribution in [1.82, 2.24) is 15.1 Å². The average molecular weight is 414 g/mol. The number of rotatable bonds is 5. The van der Waals surface area contributed by atoms with Crippen LogP contribution in [0.25, 0.3) is 0 Å². The van der Waals surface area contributed by atoms with Crippen molar-refractivity contribution in [3.63, 3.8) is 0 Å². The van der Waals surface area contributed by atoms with Gasteiger partial charge in [0.05, 0.1) is 6.54 Å².